The number of nitrogens with one attached hydrogen (secondary N) is 1. The SMILES string of the molecule is Nc1nc2c(ncn2C2CC(OCP(=O)(O)O)CC2F)c(=O)[nH]1. The zero-order chi connectivity index (χ0) is 16.8. The van der Waals surface area contributed by atoms with Crippen LogP contribution in [0.3, 0.4) is 0 Å². The topological polar surface area (TPSA) is 156 Å². The third-order valence-corrected chi connectivity index (χ3v) is 4.18. The number of alkyl halides is 1. The molecule has 2 aromatic heterocycles. The molecule has 1 aliphatic carbocycles. The number of ether oxygens (including phenoxy) is 1. The van der Waals surface area contributed by atoms with Gasteiger partial charge in [0, 0.05) is 6.42 Å². The number of aromatic amines is 1. The van der Waals surface area contributed by atoms with E-state index in [0.29, 0.717) is 0 Å². The standard InChI is InChI=1S/C11H15FN5O5P/c12-6-1-5(22-4-23(19,20)21)2-7(6)17-3-14-8-9(17)15-11(13)16-10(8)18/h3,5-7H,1-2,4H2,(H2,19,20,21)(H3,13,15,16,18). The minimum Gasteiger partial charge on any atom is -0.369 e. The number of imidazole rings is 1. The average molecular weight is 347 g/mol. The Morgan fingerprint density at radius 1 is 1.52 bits per heavy atom. The highest BCUT2D eigenvalue weighted by Crippen LogP contribution is 2.40. The number of fused-ring (bicyclic) bond motifs is 1. The van der Waals surface area contributed by atoms with Gasteiger partial charge in [0.2, 0.25) is 5.95 Å². The summed E-state index contributed by atoms with van der Waals surface area (Å²) in [5.74, 6) is -0.105. The van der Waals surface area contributed by atoms with Crippen LogP contribution in [0.1, 0.15) is 18.9 Å². The quantitative estimate of drug-likeness (QED) is 0.558. The second-order valence-corrected chi connectivity index (χ2v) is 7.00. The fourth-order valence-electron chi connectivity index (χ4n) is 2.73. The van der Waals surface area contributed by atoms with Crippen LogP contribution >= 0.6 is 7.60 Å². The first-order valence-corrected chi connectivity index (χ1v) is 8.57. The molecule has 10 nitrogen and oxygen atoms in total. The van der Waals surface area contributed by atoms with E-state index in [1.165, 1.54) is 10.9 Å². The summed E-state index contributed by atoms with van der Waals surface area (Å²) in [5.41, 5.74) is 5.19. The van der Waals surface area contributed by atoms with Crippen molar-refractivity contribution in [1.29, 1.82) is 0 Å². The Bertz CT molecular complexity index is 832. The van der Waals surface area contributed by atoms with E-state index in [1.807, 2.05) is 0 Å². The molecule has 3 unspecified atom stereocenters. The van der Waals surface area contributed by atoms with Crippen LogP contribution in [0, 0.1) is 0 Å². The van der Waals surface area contributed by atoms with Gasteiger partial charge < -0.3 is 24.8 Å². The molecule has 0 aromatic carbocycles. The van der Waals surface area contributed by atoms with E-state index in [4.69, 9.17) is 20.3 Å². The van der Waals surface area contributed by atoms with Gasteiger partial charge in [0.15, 0.2) is 11.2 Å². The molecule has 1 fully saturated rings. The van der Waals surface area contributed by atoms with Crippen molar-refractivity contribution in [2.75, 3.05) is 12.1 Å². The zero-order valence-electron chi connectivity index (χ0n) is 11.8. The monoisotopic (exact) mass is 347 g/mol. The summed E-state index contributed by atoms with van der Waals surface area (Å²) >= 11 is 0. The maximum absolute atomic E-state index is 14.3. The van der Waals surface area contributed by atoms with Crippen molar-refractivity contribution in [2.45, 2.75) is 31.2 Å². The summed E-state index contributed by atoms with van der Waals surface area (Å²) in [4.78, 5) is 39.6. The van der Waals surface area contributed by atoms with Crippen LogP contribution in [0.15, 0.2) is 11.1 Å². The van der Waals surface area contributed by atoms with E-state index in [2.05, 4.69) is 15.0 Å². The number of rotatable bonds is 4. The van der Waals surface area contributed by atoms with Crippen LogP contribution in [0.25, 0.3) is 11.2 Å². The van der Waals surface area contributed by atoms with Crippen LogP contribution in [0.4, 0.5) is 10.3 Å². The van der Waals surface area contributed by atoms with Crippen LogP contribution in [-0.2, 0) is 9.30 Å². The Hall–Kier alpha value is -1.81. The molecule has 0 radical (unpaired) electrons. The number of aromatic nitrogens is 4. The number of nitrogens with zero attached hydrogens (tertiary/aromatic N) is 3. The molecular weight excluding hydrogens is 332 g/mol. The summed E-state index contributed by atoms with van der Waals surface area (Å²) in [6, 6.07) is -0.699. The number of anilines is 1. The summed E-state index contributed by atoms with van der Waals surface area (Å²) in [7, 11) is -4.31. The van der Waals surface area contributed by atoms with Gasteiger partial charge in [0.25, 0.3) is 5.56 Å². The number of halogens is 1. The van der Waals surface area contributed by atoms with Gasteiger partial charge in [0.1, 0.15) is 12.5 Å². The fourth-order valence-corrected chi connectivity index (χ4v) is 3.14. The average Bonchev–Trinajstić information content (AvgIpc) is 2.99. The first-order chi connectivity index (χ1) is 10.7. The molecule has 0 amide bonds. The van der Waals surface area contributed by atoms with Crippen LogP contribution < -0.4 is 11.3 Å². The first kappa shape index (κ1) is 16.1. The molecule has 0 aliphatic heterocycles. The van der Waals surface area contributed by atoms with E-state index >= 15 is 0 Å². The molecule has 23 heavy (non-hydrogen) atoms. The molecule has 3 rings (SSSR count). The lowest BCUT2D eigenvalue weighted by molar-refractivity contribution is 0.0744. The minimum absolute atomic E-state index is 0.0109. The lowest BCUT2D eigenvalue weighted by atomic mass is 10.2. The molecule has 1 saturated carbocycles. The molecule has 2 heterocycles. The number of H-pyrrole nitrogens is 1. The zero-order valence-corrected chi connectivity index (χ0v) is 12.7. The fraction of sp³-hybridized carbons (Fsp3) is 0.545. The smallest absolute Gasteiger partial charge is 0.350 e. The number of nitrogens with two attached hydrogens (primary N) is 1. The highest BCUT2D eigenvalue weighted by atomic mass is 31.2. The van der Waals surface area contributed by atoms with Crippen molar-refractivity contribution in [3.63, 3.8) is 0 Å². The summed E-state index contributed by atoms with van der Waals surface area (Å²) < 4.78 is 31.6. The van der Waals surface area contributed by atoms with Crippen molar-refractivity contribution in [3.05, 3.63) is 16.7 Å². The highest BCUT2D eigenvalue weighted by molar-refractivity contribution is 7.51. The molecule has 12 heteroatoms. The van der Waals surface area contributed by atoms with E-state index in [-0.39, 0.29) is 30.0 Å². The third-order valence-electron chi connectivity index (χ3n) is 3.70. The van der Waals surface area contributed by atoms with Gasteiger partial charge in [-0.05, 0) is 6.42 Å². The first-order valence-electron chi connectivity index (χ1n) is 6.77. The van der Waals surface area contributed by atoms with Crippen LogP contribution in [-0.4, -0.2) is 47.9 Å². The predicted molar refractivity (Wildman–Crippen MR) is 77.5 cm³/mol. The van der Waals surface area contributed by atoms with Crippen molar-refractivity contribution in [3.8, 4) is 0 Å². The van der Waals surface area contributed by atoms with Crippen LogP contribution in [0.5, 0.6) is 0 Å². The van der Waals surface area contributed by atoms with Gasteiger partial charge in [-0.1, -0.05) is 0 Å². The second kappa shape index (κ2) is 5.68. The lowest BCUT2D eigenvalue weighted by Crippen LogP contribution is -2.17. The van der Waals surface area contributed by atoms with Crippen molar-refractivity contribution in [1.82, 2.24) is 19.5 Å². The number of hydrogen-bond donors (Lipinski definition) is 4. The molecule has 0 saturated heterocycles. The molecule has 126 valence electrons. The van der Waals surface area contributed by atoms with Crippen molar-refractivity contribution < 1.29 is 23.5 Å². The largest absolute Gasteiger partial charge is 0.369 e. The molecular formula is C11H15FN5O5P. The van der Waals surface area contributed by atoms with Gasteiger partial charge in [-0.3, -0.25) is 14.3 Å². The van der Waals surface area contributed by atoms with Gasteiger partial charge in [-0.25, -0.2) is 9.37 Å². The molecule has 1 aliphatic rings. The Balaban J connectivity index is 1.85. The van der Waals surface area contributed by atoms with E-state index < -0.39 is 37.8 Å². The van der Waals surface area contributed by atoms with E-state index in [1.54, 1.807) is 0 Å². The summed E-state index contributed by atoms with van der Waals surface area (Å²) in [5, 5.41) is 0. The Kier molecular flexibility index (Phi) is 3.96. The molecule has 0 bridgehead atoms. The second-order valence-electron chi connectivity index (χ2n) is 5.41. The van der Waals surface area contributed by atoms with E-state index in [0.717, 1.165) is 0 Å². The molecule has 5 N–H and O–H groups in total. The maximum Gasteiger partial charge on any atom is 0.350 e. The van der Waals surface area contributed by atoms with Crippen molar-refractivity contribution in [2.24, 2.45) is 0 Å². The van der Waals surface area contributed by atoms with Gasteiger partial charge >= 0.3 is 7.60 Å². The summed E-state index contributed by atoms with van der Waals surface area (Å²) in [6.07, 6.45) is -1.25. The van der Waals surface area contributed by atoms with Gasteiger partial charge in [-0.2, -0.15) is 4.98 Å². The molecule has 0 spiro atoms. The minimum atomic E-state index is -4.31. The van der Waals surface area contributed by atoms with Gasteiger partial charge in [-0.15, -0.1) is 0 Å². The Morgan fingerprint density at radius 3 is 2.96 bits per heavy atom. The number of hydrogen-bond acceptors (Lipinski definition) is 6. The molecule has 3 atom stereocenters. The lowest BCUT2D eigenvalue weighted by Gasteiger charge is -2.15. The number of nitrogen functional groups attached to an aromatic ring is 1. The third kappa shape index (κ3) is 3.27. The molecule has 2 aromatic rings. The summed E-state index contributed by atoms with van der Waals surface area (Å²) in [6.45, 7) is 0. The maximum atomic E-state index is 14.3. The predicted octanol–water partition coefficient (Wildman–Crippen LogP) is -0.105. The Labute approximate surface area is 128 Å². The van der Waals surface area contributed by atoms with E-state index in [9.17, 15) is 13.8 Å². The Morgan fingerprint density at radius 2 is 2.26 bits per heavy atom. The van der Waals surface area contributed by atoms with Gasteiger partial charge in [0.05, 0.1) is 18.5 Å². The normalized spacial score (nSPS) is 25.3. The van der Waals surface area contributed by atoms with Crippen molar-refractivity contribution >= 4 is 24.7 Å². The highest BCUT2D eigenvalue weighted by Gasteiger charge is 2.38. The van der Waals surface area contributed by atoms with Crippen LogP contribution in [0.2, 0.25) is 0 Å².